The van der Waals surface area contributed by atoms with Gasteiger partial charge in [-0.2, -0.15) is 0 Å². The molecule has 478 valence electrons. The van der Waals surface area contributed by atoms with Crippen molar-refractivity contribution >= 4 is 44.8 Å². The summed E-state index contributed by atoms with van der Waals surface area (Å²) in [7, 11) is 6.90. The van der Waals surface area contributed by atoms with E-state index in [1.807, 2.05) is 0 Å². The third-order valence-corrected chi connectivity index (χ3v) is 20.9. The largest absolute Gasteiger partial charge is 0.497 e. The third-order valence-electron chi connectivity index (χ3n) is 20.9. The highest BCUT2D eigenvalue weighted by Crippen LogP contribution is 2.59. The summed E-state index contributed by atoms with van der Waals surface area (Å²) in [6.07, 6.45) is 4.69. The van der Waals surface area contributed by atoms with E-state index >= 15 is 0 Å². The third kappa shape index (κ3) is 10.1. The molecule has 0 bridgehead atoms. The SMILES string of the molecule is COc1ccc(C2(c3ccc(OC)cc3)c3ccccc3-c3ccc(C(=Cc4ccccc4)c4ccc(-c5c6ccccc6c(-c6ccc(C(=Cc7ccccc7)c7ccc8c(c7)C(c7ccc(OC)cc7)(c7ccc(OC)cc7)c7ccccc7-8)cc6)c6ccccc56)cc4)cc32)cc1. The van der Waals surface area contributed by atoms with Crippen LogP contribution in [0.3, 0.4) is 0 Å². The van der Waals surface area contributed by atoms with Crippen LogP contribution in [0, 0.1) is 0 Å². The zero-order valence-electron chi connectivity index (χ0n) is 56.1. The molecular formula is C96H70O4. The maximum Gasteiger partial charge on any atom is 0.118 e. The molecule has 0 saturated carbocycles. The molecule has 0 spiro atoms. The van der Waals surface area contributed by atoms with Crippen LogP contribution < -0.4 is 18.9 Å². The Kier molecular flexibility index (Phi) is 15.6. The summed E-state index contributed by atoms with van der Waals surface area (Å²) in [6, 6.07) is 124. The van der Waals surface area contributed by atoms with Crippen molar-refractivity contribution in [1.82, 2.24) is 0 Å². The van der Waals surface area contributed by atoms with Gasteiger partial charge in [0.25, 0.3) is 0 Å². The topological polar surface area (TPSA) is 36.9 Å². The lowest BCUT2D eigenvalue weighted by Gasteiger charge is -2.34. The average molecular weight is 1290 g/mol. The maximum absolute atomic E-state index is 5.75. The number of hydrogen-bond acceptors (Lipinski definition) is 4. The Bertz CT molecular complexity index is 5130. The molecule has 4 nitrogen and oxygen atoms in total. The van der Waals surface area contributed by atoms with Crippen LogP contribution in [0.25, 0.3) is 89.4 Å². The van der Waals surface area contributed by atoms with E-state index < -0.39 is 10.8 Å². The number of benzene rings is 15. The average Bonchev–Trinajstić information content (AvgIpc) is 1.40. The minimum Gasteiger partial charge on any atom is -0.497 e. The van der Waals surface area contributed by atoms with E-state index in [-0.39, 0.29) is 0 Å². The monoisotopic (exact) mass is 1290 g/mol. The first-order valence-corrected chi connectivity index (χ1v) is 34.1. The van der Waals surface area contributed by atoms with E-state index in [2.05, 4.69) is 352 Å². The Morgan fingerprint density at radius 2 is 0.510 bits per heavy atom. The Morgan fingerprint density at radius 1 is 0.240 bits per heavy atom. The fourth-order valence-corrected chi connectivity index (χ4v) is 16.3. The van der Waals surface area contributed by atoms with Crippen molar-refractivity contribution in [2.75, 3.05) is 28.4 Å². The number of methoxy groups -OCH3 is 4. The predicted octanol–water partition coefficient (Wildman–Crippen LogP) is 23.3. The van der Waals surface area contributed by atoms with E-state index in [1.54, 1.807) is 28.4 Å². The van der Waals surface area contributed by atoms with Crippen LogP contribution in [-0.2, 0) is 10.8 Å². The molecule has 100 heavy (non-hydrogen) atoms. The lowest BCUT2D eigenvalue weighted by molar-refractivity contribution is 0.414. The molecule has 0 atom stereocenters. The molecule has 15 aromatic rings. The summed E-state index contributed by atoms with van der Waals surface area (Å²) >= 11 is 0. The molecule has 0 saturated heterocycles. The van der Waals surface area contributed by atoms with Gasteiger partial charge in [-0.15, -0.1) is 0 Å². The quantitative estimate of drug-likeness (QED) is 0.0714. The highest BCUT2D eigenvalue weighted by molar-refractivity contribution is 6.21. The summed E-state index contributed by atoms with van der Waals surface area (Å²) in [6.45, 7) is 0. The second-order valence-corrected chi connectivity index (χ2v) is 26.0. The molecular weight excluding hydrogens is 1220 g/mol. The van der Waals surface area contributed by atoms with Crippen molar-refractivity contribution in [3.05, 3.63) is 418 Å². The molecule has 17 rings (SSSR count). The molecule has 0 aromatic heterocycles. The van der Waals surface area contributed by atoms with Crippen molar-refractivity contribution in [3.63, 3.8) is 0 Å². The summed E-state index contributed by atoms with van der Waals surface area (Å²) in [5.41, 5.74) is 26.8. The van der Waals surface area contributed by atoms with Crippen LogP contribution in [0.5, 0.6) is 23.0 Å². The van der Waals surface area contributed by atoms with Crippen molar-refractivity contribution in [3.8, 4) is 67.5 Å². The summed E-state index contributed by atoms with van der Waals surface area (Å²) in [4.78, 5) is 0. The summed E-state index contributed by atoms with van der Waals surface area (Å²) < 4.78 is 23.0. The van der Waals surface area contributed by atoms with Crippen LogP contribution in [0.1, 0.15) is 77.9 Å². The van der Waals surface area contributed by atoms with Gasteiger partial charge in [0.2, 0.25) is 0 Å². The molecule has 0 unspecified atom stereocenters. The van der Waals surface area contributed by atoms with E-state index in [1.165, 1.54) is 77.2 Å². The second kappa shape index (κ2) is 25.5. The van der Waals surface area contributed by atoms with Crippen LogP contribution >= 0.6 is 0 Å². The zero-order chi connectivity index (χ0) is 67.3. The predicted molar refractivity (Wildman–Crippen MR) is 413 cm³/mol. The first kappa shape index (κ1) is 61.1. The fraction of sp³-hybridized carbons (Fsp3) is 0.0625. The summed E-state index contributed by atoms with van der Waals surface area (Å²) in [5.74, 6) is 3.26. The highest BCUT2D eigenvalue weighted by atomic mass is 16.5. The molecule has 0 amide bonds. The van der Waals surface area contributed by atoms with E-state index in [0.717, 1.165) is 101 Å². The number of hydrogen-bond donors (Lipinski definition) is 0. The molecule has 0 N–H and O–H groups in total. The van der Waals surface area contributed by atoms with Crippen molar-refractivity contribution in [2.45, 2.75) is 10.8 Å². The Hall–Kier alpha value is -12.5. The first-order valence-electron chi connectivity index (χ1n) is 34.1. The van der Waals surface area contributed by atoms with Crippen LogP contribution in [-0.4, -0.2) is 28.4 Å². The number of ether oxygens (including phenoxy) is 4. The van der Waals surface area contributed by atoms with Crippen molar-refractivity contribution < 1.29 is 18.9 Å². The number of rotatable bonds is 16. The fourth-order valence-electron chi connectivity index (χ4n) is 16.3. The van der Waals surface area contributed by atoms with E-state index in [4.69, 9.17) is 18.9 Å². The smallest absolute Gasteiger partial charge is 0.118 e. The van der Waals surface area contributed by atoms with Gasteiger partial charge in [0.05, 0.1) is 39.3 Å². The van der Waals surface area contributed by atoms with Gasteiger partial charge in [-0.3, -0.25) is 0 Å². The minimum atomic E-state index is -0.648. The van der Waals surface area contributed by atoms with Crippen LogP contribution in [0.15, 0.2) is 340 Å². The second-order valence-electron chi connectivity index (χ2n) is 26.0. The van der Waals surface area contributed by atoms with Gasteiger partial charge in [-0.05, 0) is 228 Å². The van der Waals surface area contributed by atoms with Gasteiger partial charge in [-0.25, -0.2) is 0 Å². The lowest BCUT2D eigenvalue weighted by Crippen LogP contribution is -2.28. The molecule has 4 heteroatoms. The van der Waals surface area contributed by atoms with Gasteiger partial charge in [-0.1, -0.05) is 279 Å². The van der Waals surface area contributed by atoms with Crippen LogP contribution in [0.2, 0.25) is 0 Å². The van der Waals surface area contributed by atoms with Gasteiger partial charge in [0, 0.05) is 0 Å². The van der Waals surface area contributed by atoms with E-state index in [9.17, 15) is 0 Å². The van der Waals surface area contributed by atoms with Gasteiger partial charge < -0.3 is 18.9 Å². The molecule has 0 aliphatic heterocycles. The molecule has 2 aliphatic carbocycles. The van der Waals surface area contributed by atoms with Gasteiger partial charge >= 0.3 is 0 Å². The maximum atomic E-state index is 5.75. The first-order chi connectivity index (χ1) is 49.4. The molecule has 15 aromatic carbocycles. The Morgan fingerprint density at radius 3 is 0.820 bits per heavy atom. The summed E-state index contributed by atoms with van der Waals surface area (Å²) in [5, 5.41) is 4.78. The number of fused-ring (bicyclic) bond motifs is 8. The molecule has 2 aliphatic rings. The Balaban J connectivity index is 0.775. The highest BCUT2D eigenvalue weighted by Gasteiger charge is 2.48. The van der Waals surface area contributed by atoms with Crippen LogP contribution in [0.4, 0.5) is 0 Å². The molecule has 0 heterocycles. The molecule has 0 radical (unpaired) electrons. The van der Waals surface area contributed by atoms with Crippen molar-refractivity contribution in [2.24, 2.45) is 0 Å². The van der Waals surface area contributed by atoms with Gasteiger partial charge in [0.15, 0.2) is 0 Å². The standard InChI is InChI=1S/C96H70O4/c1-97-75-49-41-71(42-50-75)95(72-43-51-76(98-2)52-44-72)89-29-17-15-23-79(89)81-57-39-69(61-91(81)95)87(59-63-19-7-5-8-20-63)65-31-35-67(36-32-65)93-83-25-11-13-27-85(83)94(86-28-14-12-26-84(86)93)68-37-33-66(34-38-68)88(60-64-21-9-6-10-22-64)70-40-58-82-80-24-16-18-30-90(80)96(92(82)62-70,73-45-53-77(99-3)54-46-73)74-47-55-78(100-4)56-48-74/h5-62H,1-4H3. The lowest BCUT2D eigenvalue weighted by atomic mass is 9.67. The normalized spacial score (nSPS) is 13.3. The van der Waals surface area contributed by atoms with Gasteiger partial charge in [0.1, 0.15) is 23.0 Å². The minimum absolute atomic E-state index is 0.648. The zero-order valence-corrected chi connectivity index (χ0v) is 56.1. The van der Waals surface area contributed by atoms with E-state index in [0.29, 0.717) is 0 Å². The molecule has 0 fully saturated rings. The van der Waals surface area contributed by atoms with Crippen molar-refractivity contribution in [1.29, 1.82) is 0 Å². The Labute approximate surface area is 584 Å².